The molecule has 1 aromatic heterocycles. The van der Waals surface area contributed by atoms with Gasteiger partial charge in [0.15, 0.2) is 0 Å². The maximum Gasteiger partial charge on any atom is 0.333 e. The van der Waals surface area contributed by atoms with Crippen LogP contribution in [0.15, 0.2) is 38.8 Å². The first-order chi connectivity index (χ1) is 10.0. The number of aromatic nitrogens is 2. The average molecular weight is 283 g/mol. The highest BCUT2D eigenvalue weighted by molar-refractivity contribution is 6.21. The van der Waals surface area contributed by atoms with Gasteiger partial charge in [-0.3, -0.25) is 18.9 Å². The number of rotatable bonds is 1. The fourth-order valence-corrected chi connectivity index (χ4v) is 2.30. The summed E-state index contributed by atoms with van der Waals surface area (Å²) in [6, 6.07) is 7.50. The van der Waals surface area contributed by atoms with Crippen LogP contribution in [0.1, 0.15) is 11.1 Å². The van der Waals surface area contributed by atoms with Gasteiger partial charge < -0.3 is 5.11 Å². The Morgan fingerprint density at radius 3 is 2.62 bits per heavy atom. The van der Waals surface area contributed by atoms with Gasteiger partial charge in [0, 0.05) is 31.4 Å². The van der Waals surface area contributed by atoms with Crippen molar-refractivity contribution in [2.24, 2.45) is 19.1 Å². The third-order valence-electron chi connectivity index (χ3n) is 3.53. The molecule has 1 aromatic carbocycles. The van der Waals surface area contributed by atoms with Crippen LogP contribution in [0.5, 0.6) is 5.88 Å². The molecular formula is C15H13N3O3. The molecule has 0 atom stereocenters. The van der Waals surface area contributed by atoms with Gasteiger partial charge >= 0.3 is 5.69 Å². The Labute approximate surface area is 119 Å². The lowest BCUT2D eigenvalue weighted by atomic mass is 10.1. The van der Waals surface area contributed by atoms with Gasteiger partial charge in [0.2, 0.25) is 5.88 Å². The van der Waals surface area contributed by atoms with Crippen LogP contribution in [-0.2, 0) is 14.1 Å². The van der Waals surface area contributed by atoms with Crippen molar-refractivity contribution in [3.05, 3.63) is 56.2 Å². The van der Waals surface area contributed by atoms with Gasteiger partial charge in [-0.05, 0) is 12.1 Å². The van der Waals surface area contributed by atoms with Crippen molar-refractivity contribution >= 4 is 23.6 Å². The molecule has 0 radical (unpaired) electrons. The molecule has 0 amide bonds. The van der Waals surface area contributed by atoms with E-state index in [1.165, 1.54) is 14.1 Å². The summed E-state index contributed by atoms with van der Waals surface area (Å²) in [4.78, 5) is 28.1. The number of benzene rings is 1. The maximum absolute atomic E-state index is 12.2. The number of allylic oxidation sites excluding steroid dienone is 1. The van der Waals surface area contributed by atoms with Gasteiger partial charge in [-0.2, -0.15) is 0 Å². The fourth-order valence-electron chi connectivity index (χ4n) is 2.30. The molecule has 1 N–H and O–H groups in total. The zero-order valence-electron chi connectivity index (χ0n) is 11.6. The van der Waals surface area contributed by atoms with E-state index < -0.39 is 11.2 Å². The minimum atomic E-state index is -0.569. The smallest absolute Gasteiger partial charge is 0.333 e. The van der Waals surface area contributed by atoms with Gasteiger partial charge in [-0.25, -0.2) is 4.79 Å². The summed E-state index contributed by atoms with van der Waals surface area (Å²) < 4.78 is 2.00. The summed E-state index contributed by atoms with van der Waals surface area (Å²) >= 11 is 0. The van der Waals surface area contributed by atoms with Gasteiger partial charge in [0.25, 0.3) is 5.56 Å². The van der Waals surface area contributed by atoms with Crippen LogP contribution in [0.3, 0.4) is 0 Å². The molecule has 0 aliphatic carbocycles. The van der Waals surface area contributed by atoms with E-state index in [2.05, 4.69) is 4.99 Å². The van der Waals surface area contributed by atoms with Crippen LogP contribution in [-0.4, -0.2) is 20.5 Å². The quantitative estimate of drug-likeness (QED) is 0.849. The van der Waals surface area contributed by atoms with Crippen molar-refractivity contribution in [1.29, 1.82) is 0 Å². The third kappa shape index (κ3) is 1.92. The Bertz CT molecular complexity index is 917. The number of aliphatic imine (C=N–C) groups is 1. The first-order valence-electron chi connectivity index (χ1n) is 6.35. The zero-order chi connectivity index (χ0) is 15.1. The minimum Gasteiger partial charge on any atom is -0.494 e. The van der Waals surface area contributed by atoms with E-state index in [-0.39, 0.29) is 11.4 Å². The number of para-hydroxylation sites is 1. The molecule has 3 rings (SSSR count). The van der Waals surface area contributed by atoms with E-state index in [1.54, 1.807) is 12.3 Å². The second kappa shape index (κ2) is 4.59. The van der Waals surface area contributed by atoms with Crippen LogP contribution in [0.4, 0.5) is 5.69 Å². The Morgan fingerprint density at radius 2 is 1.86 bits per heavy atom. The lowest BCUT2D eigenvalue weighted by Crippen LogP contribution is -2.37. The predicted octanol–water partition coefficient (Wildman–Crippen LogP) is 1.05. The maximum atomic E-state index is 12.2. The van der Waals surface area contributed by atoms with Gasteiger partial charge in [0.1, 0.15) is 5.56 Å². The molecule has 21 heavy (non-hydrogen) atoms. The SMILES string of the molecule is Cn1c(O)c(/C=C2\C=Nc3ccccc32)c(=O)n(C)c1=O. The van der Waals surface area contributed by atoms with E-state index >= 15 is 0 Å². The summed E-state index contributed by atoms with van der Waals surface area (Å²) in [5.41, 5.74) is 1.37. The third-order valence-corrected chi connectivity index (χ3v) is 3.53. The summed E-state index contributed by atoms with van der Waals surface area (Å²) in [5.74, 6) is -0.353. The minimum absolute atomic E-state index is 0.0674. The average Bonchev–Trinajstić information content (AvgIpc) is 2.91. The van der Waals surface area contributed by atoms with E-state index in [1.807, 2.05) is 24.3 Å². The molecule has 6 nitrogen and oxygen atoms in total. The standard InChI is InChI=1S/C15H13N3O3/c1-17-13(19)11(14(20)18(2)15(17)21)7-9-8-16-12-6-4-3-5-10(9)12/h3-8,19H,1-2H3/b9-7+. The molecule has 1 aliphatic rings. The summed E-state index contributed by atoms with van der Waals surface area (Å²) in [5, 5.41) is 10.1. The highest BCUT2D eigenvalue weighted by atomic mass is 16.3. The summed E-state index contributed by atoms with van der Waals surface area (Å²) in [6.07, 6.45) is 3.18. The fraction of sp³-hybridized carbons (Fsp3) is 0.133. The van der Waals surface area contributed by atoms with Gasteiger partial charge in [-0.15, -0.1) is 0 Å². The molecule has 0 spiro atoms. The van der Waals surface area contributed by atoms with Crippen LogP contribution in [0.25, 0.3) is 11.6 Å². The van der Waals surface area contributed by atoms with Crippen LogP contribution < -0.4 is 11.2 Å². The van der Waals surface area contributed by atoms with Crippen molar-refractivity contribution in [2.75, 3.05) is 0 Å². The Hall–Kier alpha value is -2.89. The predicted molar refractivity (Wildman–Crippen MR) is 81.1 cm³/mol. The van der Waals surface area contributed by atoms with Crippen LogP contribution in [0.2, 0.25) is 0 Å². The van der Waals surface area contributed by atoms with E-state index in [4.69, 9.17) is 0 Å². The Kier molecular flexibility index (Phi) is 2.86. The number of hydrogen-bond donors (Lipinski definition) is 1. The van der Waals surface area contributed by atoms with Crippen molar-refractivity contribution < 1.29 is 5.11 Å². The summed E-state index contributed by atoms with van der Waals surface area (Å²) in [6.45, 7) is 0. The zero-order valence-corrected chi connectivity index (χ0v) is 11.6. The molecule has 0 fully saturated rings. The monoisotopic (exact) mass is 283 g/mol. The van der Waals surface area contributed by atoms with Crippen LogP contribution in [0, 0.1) is 0 Å². The van der Waals surface area contributed by atoms with Crippen LogP contribution >= 0.6 is 0 Å². The second-order valence-corrected chi connectivity index (χ2v) is 4.82. The highest BCUT2D eigenvalue weighted by Crippen LogP contribution is 2.32. The normalized spacial score (nSPS) is 14.7. The number of nitrogens with zero attached hydrogens (tertiary/aromatic N) is 3. The number of hydrogen-bond acceptors (Lipinski definition) is 4. The number of fused-ring (bicyclic) bond motifs is 1. The highest BCUT2D eigenvalue weighted by Gasteiger charge is 2.16. The van der Waals surface area contributed by atoms with Crippen molar-refractivity contribution in [3.63, 3.8) is 0 Å². The number of aromatic hydroxyl groups is 1. The first kappa shape index (κ1) is 13.1. The van der Waals surface area contributed by atoms with Crippen molar-refractivity contribution in [3.8, 4) is 5.88 Å². The molecule has 0 saturated heterocycles. The molecule has 0 unspecified atom stereocenters. The van der Waals surface area contributed by atoms with Gasteiger partial charge in [0.05, 0.1) is 5.69 Å². The van der Waals surface area contributed by atoms with Crippen molar-refractivity contribution in [2.45, 2.75) is 0 Å². The molecule has 6 heteroatoms. The molecule has 1 aliphatic heterocycles. The van der Waals surface area contributed by atoms with E-state index in [9.17, 15) is 14.7 Å². The lowest BCUT2D eigenvalue weighted by Gasteiger charge is -2.08. The van der Waals surface area contributed by atoms with E-state index in [0.29, 0.717) is 0 Å². The van der Waals surface area contributed by atoms with E-state index in [0.717, 1.165) is 26.0 Å². The molecule has 0 bridgehead atoms. The van der Waals surface area contributed by atoms with Gasteiger partial charge in [-0.1, -0.05) is 18.2 Å². The first-order valence-corrected chi connectivity index (χ1v) is 6.35. The molecule has 0 saturated carbocycles. The topological polar surface area (TPSA) is 76.6 Å². The lowest BCUT2D eigenvalue weighted by molar-refractivity contribution is 0.410. The molecule has 2 heterocycles. The Morgan fingerprint density at radius 1 is 1.14 bits per heavy atom. The second-order valence-electron chi connectivity index (χ2n) is 4.82. The largest absolute Gasteiger partial charge is 0.494 e. The summed E-state index contributed by atoms with van der Waals surface area (Å²) in [7, 11) is 2.79. The Balaban J connectivity index is 2.26. The van der Waals surface area contributed by atoms with Crippen molar-refractivity contribution in [1.82, 2.24) is 9.13 Å². The molecule has 106 valence electrons. The molecular weight excluding hydrogens is 270 g/mol. The molecule has 2 aromatic rings.